The molecule has 0 aliphatic carbocycles. The van der Waals surface area contributed by atoms with Crippen LogP contribution in [0.15, 0.2) is 72.2 Å². The van der Waals surface area contributed by atoms with Crippen LogP contribution in [0.25, 0.3) is 0 Å². The predicted octanol–water partition coefficient (Wildman–Crippen LogP) is 3.16. The number of nitrogens with zero attached hydrogens (tertiary/aromatic N) is 4. The van der Waals surface area contributed by atoms with E-state index in [4.69, 9.17) is 0 Å². The first-order valence-electron chi connectivity index (χ1n) is 10.3. The molecule has 0 aliphatic rings. The zero-order valence-electron chi connectivity index (χ0n) is 18.8. The molecule has 0 bridgehead atoms. The number of carbonyl (C=O) groups excluding carboxylic acids is 1. The van der Waals surface area contributed by atoms with E-state index in [9.17, 15) is 4.79 Å². The van der Waals surface area contributed by atoms with Gasteiger partial charge in [-0.3, -0.25) is 9.79 Å². The van der Waals surface area contributed by atoms with Crippen molar-refractivity contribution in [1.82, 2.24) is 25.1 Å². The molecule has 0 saturated carbocycles. The van der Waals surface area contributed by atoms with E-state index in [0.29, 0.717) is 12.1 Å². The summed E-state index contributed by atoms with van der Waals surface area (Å²) in [6.45, 7) is 2.24. The van der Waals surface area contributed by atoms with Crippen LogP contribution in [0.4, 0.5) is 0 Å². The number of aromatic nitrogens is 2. The Bertz CT molecular complexity index is 1000. The highest BCUT2D eigenvalue weighted by Crippen LogP contribution is 2.08. The van der Waals surface area contributed by atoms with Crippen molar-refractivity contribution < 1.29 is 4.79 Å². The summed E-state index contributed by atoms with van der Waals surface area (Å²) in [7, 11) is 5.29. The Morgan fingerprint density at radius 2 is 1.81 bits per heavy atom. The number of aliphatic imine (C=N–C) groups is 1. The molecule has 0 atom stereocenters. The van der Waals surface area contributed by atoms with Crippen LogP contribution in [0.5, 0.6) is 0 Å². The molecule has 1 heterocycles. The van der Waals surface area contributed by atoms with Gasteiger partial charge in [0.15, 0.2) is 5.96 Å². The number of hydrogen-bond donors (Lipinski definition) is 2. The van der Waals surface area contributed by atoms with Crippen LogP contribution in [0, 0.1) is 0 Å². The van der Waals surface area contributed by atoms with Crippen molar-refractivity contribution in [2.75, 3.05) is 27.7 Å². The van der Waals surface area contributed by atoms with Gasteiger partial charge >= 0.3 is 0 Å². The van der Waals surface area contributed by atoms with Crippen molar-refractivity contribution in [3.63, 3.8) is 0 Å². The molecule has 32 heavy (non-hydrogen) atoms. The summed E-state index contributed by atoms with van der Waals surface area (Å²) < 4.78 is 2.05. The molecule has 0 aliphatic heterocycles. The molecule has 0 radical (unpaired) electrons. The van der Waals surface area contributed by atoms with Gasteiger partial charge in [-0.1, -0.05) is 36.4 Å². The highest BCUT2D eigenvalue weighted by atomic mass is 127. The lowest BCUT2D eigenvalue weighted by atomic mass is 10.1. The highest BCUT2D eigenvalue weighted by molar-refractivity contribution is 14.0. The molecule has 0 fully saturated rings. The summed E-state index contributed by atoms with van der Waals surface area (Å²) in [5.41, 5.74) is 4.25. The molecule has 0 unspecified atom stereocenters. The van der Waals surface area contributed by atoms with E-state index < -0.39 is 0 Å². The Morgan fingerprint density at radius 1 is 1.06 bits per heavy atom. The largest absolute Gasteiger partial charge is 0.356 e. The third-order valence-electron chi connectivity index (χ3n) is 4.92. The standard InChI is InChI=1S/C24H30N6O.HI/c1-25-24(27-12-11-19-5-4-6-22(15-19)23(31)29(2)3)28-16-20-7-9-21(10-8-20)17-30-14-13-26-18-30;/h4-10,13-15,18H,11-12,16-17H2,1-3H3,(H2,25,27,28);1H. The van der Waals surface area contributed by atoms with E-state index in [0.717, 1.165) is 31.0 Å². The molecule has 0 saturated heterocycles. The maximum absolute atomic E-state index is 12.1. The third kappa shape index (κ3) is 7.67. The van der Waals surface area contributed by atoms with Crippen LogP contribution in [0.3, 0.4) is 0 Å². The Morgan fingerprint density at radius 3 is 2.47 bits per heavy atom. The number of carbonyl (C=O) groups is 1. The second kappa shape index (κ2) is 12.8. The topological polar surface area (TPSA) is 74.6 Å². The SMILES string of the molecule is CN=C(NCCc1cccc(C(=O)N(C)C)c1)NCc1ccc(Cn2ccnc2)cc1.I. The minimum Gasteiger partial charge on any atom is -0.356 e. The van der Waals surface area contributed by atoms with Crippen molar-refractivity contribution in [3.05, 3.63) is 89.5 Å². The van der Waals surface area contributed by atoms with E-state index in [-0.39, 0.29) is 29.9 Å². The lowest BCUT2D eigenvalue weighted by molar-refractivity contribution is 0.0827. The first-order valence-corrected chi connectivity index (χ1v) is 10.3. The van der Waals surface area contributed by atoms with E-state index in [1.165, 1.54) is 11.1 Å². The molecule has 1 amide bonds. The Hall–Kier alpha value is -2.88. The molecule has 8 heteroatoms. The fourth-order valence-electron chi connectivity index (χ4n) is 3.20. The molecule has 3 rings (SSSR count). The highest BCUT2D eigenvalue weighted by Gasteiger charge is 2.08. The number of rotatable bonds is 8. The Labute approximate surface area is 207 Å². The van der Waals surface area contributed by atoms with Gasteiger partial charge in [0.25, 0.3) is 5.91 Å². The van der Waals surface area contributed by atoms with Crippen molar-refractivity contribution in [3.8, 4) is 0 Å². The number of amides is 1. The van der Waals surface area contributed by atoms with Crippen LogP contribution in [0.2, 0.25) is 0 Å². The molecule has 2 aromatic carbocycles. The number of halogens is 1. The zero-order valence-corrected chi connectivity index (χ0v) is 21.1. The Balaban J connectivity index is 0.00000363. The summed E-state index contributed by atoms with van der Waals surface area (Å²) in [6, 6.07) is 16.3. The molecule has 170 valence electrons. The fraction of sp³-hybridized carbons (Fsp3) is 0.292. The summed E-state index contributed by atoms with van der Waals surface area (Å²) in [5, 5.41) is 6.68. The van der Waals surface area contributed by atoms with Gasteiger partial charge in [-0.05, 0) is 35.2 Å². The van der Waals surface area contributed by atoms with E-state index in [2.05, 4.69) is 44.9 Å². The Kier molecular flexibility index (Phi) is 10.2. The first kappa shape index (κ1) is 25.4. The van der Waals surface area contributed by atoms with Crippen molar-refractivity contribution in [2.45, 2.75) is 19.5 Å². The fourth-order valence-corrected chi connectivity index (χ4v) is 3.20. The van der Waals surface area contributed by atoms with Crippen LogP contribution in [0.1, 0.15) is 27.0 Å². The normalized spacial score (nSPS) is 10.9. The second-order valence-corrected chi connectivity index (χ2v) is 7.55. The average Bonchev–Trinajstić information content (AvgIpc) is 3.29. The van der Waals surface area contributed by atoms with Crippen LogP contribution < -0.4 is 10.6 Å². The molecule has 3 aromatic rings. The lowest BCUT2D eigenvalue weighted by Crippen LogP contribution is -2.37. The van der Waals surface area contributed by atoms with E-state index in [1.54, 1.807) is 32.2 Å². The van der Waals surface area contributed by atoms with Crippen LogP contribution in [-0.2, 0) is 19.5 Å². The van der Waals surface area contributed by atoms with Gasteiger partial charge < -0.3 is 20.1 Å². The zero-order chi connectivity index (χ0) is 22.1. The third-order valence-corrected chi connectivity index (χ3v) is 4.92. The van der Waals surface area contributed by atoms with Gasteiger partial charge in [-0.25, -0.2) is 4.98 Å². The number of benzene rings is 2. The molecule has 2 N–H and O–H groups in total. The maximum Gasteiger partial charge on any atom is 0.253 e. The number of hydrogen-bond acceptors (Lipinski definition) is 3. The van der Waals surface area contributed by atoms with Gasteiger partial charge in [0.05, 0.1) is 6.33 Å². The second-order valence-electron chi connectivity index (χ2n) is 7.55. The van der Waals surface area contributed by atoms with Gasteiger partial charge in [0.2, 0.25) is 0 Å². The number of guanidine groups is 1. The van der Waals surface area contributed by atoms with Crippen LogP contribution in [-0.4, -0.2) is 54.0 Å². The summed E-state index contributed by atoms with van der Waals surface area (Å²) >= 11 is 0. The maximum atomic E-state index is 12.1. The van der Waals surface area contributed by atoms with Crippen molar-refractivity contribution in [2.24, 2.45) is 4.99 Å². The molecular weight excluding hydrogens is 515 g/mol. The van der Waals surface area contributed by atoms with Crippen molar-refractivity contribution >= 4 is 35.8 Å². The monoisotopic (exact) mass is 546 g/mol. The lowest BCUT2D eigenvalue weighted by Gasteiger charge is -2.13. The molecule has 1 aromatic heterocycles. The minimum absolute atomic E-state index is 0. The predicted molar refractivity (Wildman–Crippen MR) is 140 cm³/mol. The van der Waals surface area contributed by atoms with E-state index >= 15 is 0 Å². The molecular formula is C24H31IN6O. The smallest absolute Gasteiger partial charge is 0.253 e. The van der Waals surface area contributed by atoms with Gasteiger partial charge in [-0.2, -0.15) is 0 Å². The summed E-state index contributed by atoms with van der Waals surface area (Å²) in [6.07, 6.45) is 6.37. The average molecular weight is 546 g/mol. The van der Waals surface area contributed by atoms with Crippen LogP contribution >= 0.6 is 24.0 Å². The number of nitrogens with one attached hydrogen (secondary N) is 2. The molecule has 7 nitrogen and oxygen atoms in total. The van der Waals surface area contributed by atoms with Gasteiger partial charge in [0.1, 0.15) is 0 Å². The quantitative estimate of drug-likeness (QED) is 0.259. The minimum atomic E-state index is 0. The summed E-state index contributed by atoms with van der Waals surface area (Å²) in [4.78, 5) is 22.1. The number of imidazole rings is 1. The summed E-state index contributed by atoms with van der Waals surface area (Å²) in [5.74, 6) is 0.770. The first-order chi connectivity index (χ1) is 15.0. The van der Waals surface area contributed by atoms with Crippen molar-refractivity contribution in [1.29, 1.82) is 0 Å². The van der Waals surface area contributed by atoms with Gasteiger partial charge in [-0.15, -0.1) is 24.0 Å². The molecule has 0 spiro atoms. The van der Waals surface area contributed by atoms with E-state index in [1.807, 2.05) is 41.4 Å². The van der Waals surface area contributed by atoms with Gasteiger partial charge in [0, 0.05) is 58.7 Å².